The molecular weight excluding hydrogens is 528 g/mol. The number of aliphatic carboxylic acids is 1. The van der Waals surface area contributed by atoms with Gasteiger partial charge in [-0.25, -0.2) is 0 Å². The van der Waals surface area contributed by atoms with Crippen LogP contribution >= 0.6 is 0 Å². The molecule has 0 spiro atoms. The zero-order valence-corrected chi connectivity index (χ0v) is 24.2. The molecule has 4 fully saturated rings. The summed E-state index contributed by atoms with van der Waals surface area (Å²) in [7, 11) is 0. The third kappa shape index (κ3) is 5.26. The highest BCUT2D eigenvalue weighted by Crippen LogP contribution is 2.67. The van der Waals surface area contributed by atoms with Gasteiger partial charge < -0.3 is 30.5 Å². The van der Waals surface area contributed by atoms with E-state index in [0.717, 1.165) is 31.4 Å². The van der Waals surface area contributed by atoms with Gasteiger partial charge in [0.15, 0.2) is 12.4 Å². The second-order valence-corrected chi connectivity index (χ2v) is 13.7. The van der Waals surface area contributed by atoms with Crippen LogP contribution in [0.15, 0.2) is 23.4 Å². The van der Waals surface area contributed by atoms with Crippen LogP contribution in [0, 0.1) is 40.4 Å². The number of rotatable bonds is 9. The molecule has 0 unspecified atom stereocenters. The number of aliphatic hydroxyl groups excluding tert-OH is 2. The molecule has 0 heterocycles. The number of nitrogens with one attached hydrogen (secondary N) is 2. The van der Waals surface area contributed by atoms with Crippen LogP contribution in [0.25, 0.3) is 0 Å². The molecule has 0 aliphatic heterocycles. The maximum atomic E-state index is 12.6. The first-order chi connectivity index (χ1) is 19.4. The molecule has 228 valence electrons. The summed E-state index contributed by atoms with van der Waals surface area (Å²) in [4.78, 5) is 41.4. The number of ketones is 1. The van der Waals surface area contributed by atoms with Gasteiger partial charge in [-0.1, -0.05) is 25.5 Å². The van der Waals surface area contributed by atoms with Crippen LogP contribution < -0.4 is 15.9 Å². The molecule has 0 radical (unpaired) electrons. The SMILES string of the molecule is C[C@]12C[C@H](O)[C@@H]3[C@H](CCC4=CC(NOCC(=O)NCC5CCC(C(=O)[O-])CC5)=CC[C@]43C)[C@H]1CC[C@@]2(O)C(=O)CO. The highest BCUT2D eigenvalue weighted by atomic mass is 16.6. The normalized spacial score (nSPS) is 41.7. The lowest BCUT2D eigenvalue weighted by molar-refractivity contribution is -0.312. The number of amides is 1. The van der Waals surface area contributed by atoms with Crippen LogP contribution in [0.1, 0.15) is 78.1 Å². The van der Waals surface area contributed by atoms with Crippen molar-refractivity contribution in [2.45, 2.75) is 89.8 Å². The quantitative estimate of drug-likeness (QED) is 0.252. The van der Waals surface area contributed by atoms with Crippen LogP contribution in [0.5, 0.6) is 0 Å². The molecule has 4 saturated carbocycles. The molecule has 0 aromatic rings. The van der Waals surface area contributed by atoms with Gasteiger partial charge in [0.2, 0.25) is 5.91 Å². The van der Waals surface area contributed by atoms with Crippen molar-refractivity contribution in [1.29, 1.82) is 0 Å². The van der Waals surface area contributed by atoms with Crippen LogP contribution in [-0.2, 0) is 19.2 Å². The fourth-order valence-electron chi connectivity index (χ4n) is 9.31. The minimum absolute atomic E-state index is 0.00141. The Hall–Kier alpha value is -2.27. The fraction of sp³-hybridized carbons (Fsp3) is 0.774. The van der Waals surface area contributed by atoms with E-state index in [2.05, 4.69) is 23.8 Å². The fourth-order valence-corrected chi connectivity index (χ4v) is 9.31. The number of carboxylic acids is 1. The van der Waals surface area contributed by atoms with Gasteiger partial charge in [-0.3, -0.25) is 19.9 Å². The lowest BCUT2D eigenvalue weighted by Crippen LogP contribution is -2.61. The van der Waals surface area contributed by atoms with Crippen LogP contribution in [-0.4, -0.2) is 64.4 Å². The van der Waals surface area contributed by atoms with E-state index in [1.54, 1.807) is 0 Å². The number of allylic oxidation sites excluding steroid dienone is 3. The zero-order valence-electron chi connectivity index (χ0n) is 24.2. The minimum Gasteiger partial charge on any atom is -0.550 e. The number of carbonyl (C=O) groups is 3. The number of hydrogen-bond acceptors (Lipinski definition) is 9. The van der Waals surface area contributed by atoms with Crippen molar-refractivity contribution >= 4 is 17.7 Å². The molecule has 10 heteroatoms. The van der Waals surface area contributed by atoms with Crippen molar-refractivity contribution in [3.05, 3.63) is 23.4 Å². The van der Waals surface area contributed by atoms with E-state index >= 15 is 0 Å². The standard InChI is InChI=1S/C31H46N2O8/c1-29-11-9-21(33-41-17-26(37)32-15-18-3-5-19(6-4-18)28(38)39)13-20(29)7-8-22-23-10-12-31(40,25(36)16-34)30(23,2)14-24(35)27(22)29/h9,13,18-19,22-24,27,33-35,40H,3-8,10-12,14-17H2,1-2H3,(H,32,37)(H,38,39)/p-1/t18?,19?,22-,23-,24+,27+,29-,30+,31-/m1/s1. The van der Waals surface area contributed by atoms with E-state index in [-0.39, 0.29) is 47.5 Å². The lowest BCUT2D eigenvalue weighted by Gasteiger charge is -2.60. The molecular formula is C31H45N2O8-. The molecule has 1 amide bonds. The predicted molar refractivity (Wildman–Crippen MR) is 146 cm³/mol. The Labute approximate surface area is 241 Å². The second-order valence-electron chi connectivity index (χ2n) is 13.7. The molecule has 5 aliphatic rings. The number of hydroxylamine groups is 1. The average molecular weight is 574 g/mol. The smallest absolute Gasteiger partial charge is 0.248 e. The Balaban J connectivity index is 1.14. The molecule has 10 nitrogen and oxygen atoms in total. The monoisotopic (exact) mass is 573 g/mol. The number of hydrogen-bond donors (Lipinski definition) is 5. The minimum atomic E-state index is -1.60. The van der Waals surface area contributed by atoms with Crippen molar-refractivity contribution in [3.63, 3.8) is 0 Å². The van der Waals surface area contributed by atoms with E-state index in [1.807, 2.05) is 13.0 Å². The first kappa shape index (κ1) is 30.2. The summed E-state index contributed by atoms with van der Waals surface area (Å²) in [5.74, 6) is -1.60. The molecule has 0 saturated heterocycles. The predicted octanol–water partition coefficient (Wildman–Crippen LogP) is 0.900. The Morgan fingerprint density at radius 1 is 1.12 bits per heavy atom. The highest BCUT2D eigenvalue weighted by Gasteiger charge is 2.68. The third-order valence-corrected chi connectivity index (χ3v) is 11.7. The van der Waals surface area contributed by atoms with E-state index in [0.29, 0.717) is 45.1 Å². The molecule has 5 rings (SSSR count). The summed E-state index contributed by atoms with van der Waals surface area (Å²) in [6, 6.07) is 0. The largest absolute Gasteiger partial charge is 0.550 e. The maximum Gasteiger partial charge on any atom is 0.248 e. The van der Waals surface area contributed by atoms with Crippen molar-refractivity contribution in [3.8, 4) is 0 Å². The Bertz CT molecular complexity index is 1110. The molecule has 7 atom stereocenters. The summed E-state index contributed by atoms with van der Waals surface area (Å²) in [6.45, 7) is 3.78. The molecule has 41 heavy (non-hydrogen) atoms. The average Bonchev–Trinajstić information content (AvgIpc) is 3.22. The summed E-state index contributed by atoms with van der Waals surface area (Å²) in [5.41, 5.74) is 2.30. The van der Waals surface area contributed by atoms with Crippen molar-refractivity contribution < 1.29 is 39.6 Å². The highest BCUT2D eigenvalue weighted by molar-refractivity contribution is 5.89. The topological polar surface area (TPSA) is 168 Å². The molecule has 5 N–H and O–H groups in total. The zero-order chi connectivity index (χ0) is 29.6. The number of aliphatic hydroxyl groups is 3. The molecule has 0 bridgehead atoms. The van der Waals surface area contributed by atoms with Gasteiger partial charge >= 0.3 is 0 Å². The van der Waals surface area contributed by atoms with E-state index in [9.17, 15) is 34.8 Å². The van der Waals surface area contributed by atoms with Gasteiger partial charge in [-0.2, -0.15) is 0 Å². The first-order valence-electron chi connectivity index (χ1n) is 15.2. The van der Waals surface area contributed by atoms with Gasteiger partial charge in [0.25, 0.3) is 0 Å². The van der Waals surface area contributed by atoms with Gasteiger partial charge in [-0.15, -0.1) is 0 Å². The van der Waals surface area contributed by atoms with E-state index in [4.69, 9.17) is 4.84 Å². The number of fused-ring (bicyclic) bond motifs is 5. The first-order valence-corrected chi connectivity index (χ1v) is 15.2. The van der Waals surface area contributed by atoms with E-state index in [1.165, 1.54) is 5.57 Å². The molecule has 0 aromatic carbocycles. The van der Waals surface area contributed by atoms with Gasteiger partial charge in [-0.05, 0) is 105 Å². The molecule has 5 aliphatic carbocycles. The Morgan fingerprint density at radius 3 is 2.54 bits per heavy atom. The summed E-state index contributed by atoms with van der Waals surface area (Å²) >= 11 is 0. The van der Waals surface area contributed by atoms with Crippen LogP contribution in [0.3, 0.4) is 0 Å². The second kappa shape index (κ2) is 11.4. The Morgan fingerprint density at radius 2 is 1.85 bits per heavy atom. The van der Waals surface area contributed by atoms with Crippen molar-refractivity contribution in [2.24, 2.45) is 40.4 Å². The number of carboxylic acid groups (broad SMARTS) is 1. The van der Waals surface area contributed by atoms with E-state index < -0.39 is 35.5 Å². The van der Waals surface area contributed by atoms with Gasteiger partial charge in [0, 0.05) is 17.9 Å². The maximum absolute atomic E-state index is 12.6. The third-order valence-electron chi connectivity index (χ3n) is 11.7. The van der Waals surface area contributed by atoms with Gasteiger partial charge in [0.1, 0.15) is 12.2 Å². The van der Waals surface area contributed by atoms with Crippen LogP contribution in [0.4, 0.5) is 0 Å². The summed E-state index contributed by atoms with van der Waals surface area (Å²) in [6.07, 6.45) is 9.88. The summed E-state index contributed by atoms with van der Waals surface area (Å²) < 4.78 is 0. The number of carbonyl (C=O) groups excluding carboxylic acids is 3. The van der Waals surface area contributed by atoms with Crippen LogP contribution in [0.2, 0.25) is 0 Å². The van der Waals surface area contributed by atoms with Crippen molar-refractivity contribution in [2.75, 3.05) is 19.8 Å². The molecule has 0 aromatic heterocycles. The van der Waals surface area contributed by atoms with Gasteiger partial charge in [0.05, 0.1) is 11.8 Å². The summed E-state index contributed by atoms with van der Waals surface area (Å²) in [5, 5.41) is 46.3. The lowest BCUT2D eigenvalue weighted by atomic mass is 9.45. The van der Waals surface area contributed by atoms with Crippen molar-refractivity contribution in [1.82, 2.24) is 10.8 Å². The Kier molecular flexibility index (Phi) is 8.42. The number of Topliss-reactive ketones (excluding diaryl/α,β-unsaturated/α-hetero) is 1.